The van der Waals surface area contributed by atoms with Crippen molar-refractivity contribution in [2.45, 2.75) is 19.9 Å². The molecule has 0 radical (unpaired) electrons. The lowest BCUT2D eigenvalue weighted by Crippen LogP contribution is -2.49. The molecule has 1 saturated heterocycles. The van der Waals surface area contributed by atoms with Crippen molar-refractivity contribution >= 4 is 11.6 Å². The number of ether oxygens (including phenoxy) is 2. The molecule has 1 amide bonds. The molecule has 0 saturated carbocycles. The van der Waals surface area contributed by atoms with Crippen LogP contribution < -0.4 is 14.8 Å². The Morgan fingerprint density at radius 2 is 1.79 bits per heavy atom. The maximum Gasteiger partial charge on any atom is 0.238 e. The number of methoxy groups -OCH3 is 1. The van der Waals surface area contributed by atoms with Crippen molar-refractivity contribution in [3.8, 4) is 11.5 Å². The van der Waals surface area contributed by atoms with Crippen molar-refractivity contribution < 1.29 is 14.3 Å². The van der Waals surface area contributed by atoms with Gasteiger partial charge in [-0.2, -0.15) is 0 Å². The van der Waals surface area contributed by atoms with Gasteiger partial charge in [-0.15, -0.1) is 0 Å². The molecule has 6 nitrogen and oxygen atoms in total. The van der Waals surface area contributed by atoms with E-state index in [9.17, 15) is 4.79 Å². The standard InChI is InChI=1S/C23H31N3O3/c1-4-29-21-10-8-20(9-11-21)24-23(27)17-25-12-14-26(15-13-25)18(2)19-6-5-7-22(16-19)28-3/h5-11,16,18H,4,12-15,17H2,1-3H3,(H,24,27). The van der Waals surface area contributed by atoms with E-state index in [0.717, 1.165) is 43.4 Å². The Morgan fingerprint density at radius 3 is 2.45 bits per heavy atom. The predicted molar refractivity (Wildman–Crippen MR) is 116 cm³/mol. The van der Waals surface area contributed by atoms with Crippen molar-refractivity contribution in [3.05, 3.63) is 54.1 Å². The van der Waals surface area contributed by atoms with Gasteiger partial charge in [0.2, 0.25) is 5.91 Å². The lowest BCUT2D eigenvalue weighted by atomic mass is 10.1. The quantitative estimate of drug-likeness (QED) is 0.740. The van der Waals surface area contributed by atoms with E-state index >= 15 is 0 Å². The van der Waals surface area contributed by atoms with Gasteiger partial charge in [-0.25, -0.2) is 0 Å². The summed E-state index contributed by atoms with van der Waals surface area (Å²) in [5.74, 6) is 1.72. The van der Waals surface area contributed by atoms with Gasteiger partial charge in [-0.1, -0.05) is 12.1 Å². The molecule has 1 aliphatic heterocycles. The molecule has 2 aromatic rings. The first-order valence-electron chi connectivity index (χ1n) is 10.2. The molecule has 0 aromatic heterocycles. The van der Waals surface area contributed by atoms with Crippen LogP contribution in [0.2, 0.25) is 0 Å². The summed E-state index contributed by atoms with van der Waals surface area (Å²) in [5, 5.41) is 2.97. The number of amides is 1. The number of carbonyl (C=O) groups is 1. The highest BCUT2D eigenvalue weighted by Crippen LogP contribution is 2.25. The molecule has 1 unspecified atom stereocenters. The van der Waals surface area contributed by atoms with Crippen molar-refractivity contribution in [1.82, 2.24) is 9.80 Å². The first-order chi connectivity index (χ1) is 14.1. The molecule has 2 aromatic carbocycles. The van der Waals surface area contributed by atoms with Crippen LogP contribution in [0.1, 0.15) is 25.5 Å². The van der Waals surface area contributed by atoms with Crippen LogP contribution in [0.5, 0.6) is 11.5 Å². The van der Waals surface area contributed by atoms with E-state index in [0.29, 0.717) is 19.2 Å². The Labute approximate surface area is 173 Å². The zero-order valence-electron chi connectivity index (χ0n) is 17.6. The van der Waals surface area contributed by atoms with Crippen LogP contribution >= 0.6 is 0 Å². The van der Waals surface area contributed by atoms with Gasteiger partial charge in [0.25, 0.3) is 0 Å². The van der Waals surface area contributed by atoms with Crippen LogP contribution in [-0.2, 0) is 4.79 Å². The summed E-state index contributed by atoms with van der Waals surface area (Å²) in [4.78, 5) is 17.0. The highest BCUT2D eigenvalue weighted by Gasteiger charge is 2.23. The molecule has 1 heterocycles. The fourth-order valence-electron chi connectivity index (χ4n) is 3.63. The molecule has 156 valence electrons. The largest absolute Gasteiger partial charge is 0.497 e. The predicted octanol–water partition coefficient (Wildman–Crippen LogP) is 3.41. The minimum Gasteiger partial charge on any atom is -0.497 e. The minimum atomic E-state index is 0.0171. The van der Waals surface area contributed by atoms with Crippen LogP contribution in [0.3, 0.4) is 0 Å². The molecule has 29 heavy (non-hydrogen) atoms. The molecule has 6 heteroatoms. The zero-order valence-corrected chi connectivity index (χ0v) is 17.6. The van der Waals surface area contributed by atoms with Crippen molar-refractivity contribution in [3.63, 3.8) is 0 Å². The second-order valence-electron chi connectivity index (χ2n) is 7.27. The second kappa shape index (κ2) is 10.3. The molecule has 0 bridgehead atoms. The summed E-state index contributed by atoms with van der Waals surface area (Å²) in [5.41, 5.74) is 2.05. The molecular weight excluding hydrogens is 366 g/mol. The SMILES string of the molecule is CCOc1ccc(NC(=O)CN2CCN(C(C)c3cccc(OC)c3)CC2)cc1. The topological polar surface area (TPSA) is 54.0 Å². The van der Waals surface area contributed by atoms with Gasteiger partial charge in [0.05, 0.1) is 20.3 Å². The van der Waals surface area contributed by atoms with E-state index < -0.39 is 0 Å². The van der Waals surface area contributed by atoms with Crippen molar-refractivity contribution in [2.75, 3.05) is 51.8 Å². The van der Waals surface area contributed by atoms with E-state index in [2.05, 4.69) is 34.2 Å². The van der Waals surface area contributed by atoms with Crippen LogP contribution in [0.15, 0.2) is 48.5 Å². The van der Waals surface area contributed by atoms with Crippen molar-refractivity contribution in [2.24, 2.45) is 0 Å². The van der Waals surface area contributed by atoms with Crippen molar-refractivity contribution in [1.29, 1.82) is 0 Å². The van der Waals surface area contributed by atoms with Gasteiger partial charge in [-0.05, 0) is 55.8 Å². The summed E-state index contributed by atoms with van der Waals surface area (Å²) >= 11 is 0. The fourth-order valence-corrected chi connectivity index (χ4v) is 3.63. The van der Waals surface area contributed by atoms with E-state index in [1.807, 2.05) is 43.3 Å². The van der Waals surface area contributed by atoms with E-state index in [-0.39, 0.29) is 5.91 Å². The number of anilines is 1. The number of benzene rings is 2. The molecule has 1 atom stereocenters. The van der Waals surface area contributed by atoms with Gasteiger partial charge in [-0.3, -0.25) is 14.6 Å². The second-order valence-corrected chi connectivity index (χ2v) is 7.27. The van der Waals surface area contributed by atoms with Gasteiger partial charge >= 0.3 is 0 Å². The van der Waals surface area contributed by atoms with Gasteiger partial charge in [0.15, 0.2) is 0 Å². The molecule has 1 N–H and O–H groups in total. The number of hydrogen-bond donors (Lipinski definition) is 1. The zero-order chi connectivity index (χ0) is 20.6. The Kier molecular flexibility index (Phi) is 7.49. The van der Waals surface area contributed by atoms with Crippen LogP contribution in [0.25, 0.3) is 0 Å². The molecular formula is C23H31N3O3. The maximum atomic E-state index is 12.4. The number of carbonyl (C=O) groups excluding carboxylic acids is 1. The molecule has 3 rings (SSSR count). The number of hydrogen-bond acceptors (Lipinski definition) is 5. The van der Waals surface area contributed by atoms with Gasteiger partial charge < -0.3 is 14.8 Å². The monoisotopic (exact) mass is 397 g/mol. The average molecular weight is 398 g/mol. The van der Waals surface area contributed by atoms with Crippen LogP contribution in [-0.4, -0.2) is 62.1 Å². The normalized spacial score (nSPS) is 16.2. The Bertz CT molecular complexity index is 786. The lowest BCUT2D eigenvalue weighted by molar-refractivity contribution is -0.117. The number of rotatable bonds is 8. The van der Waals surface area contributed by atoms with Gasteiger partial charge in [0.1, 0.15) is 11.5 Å². The summed E-state index contributed by atoms with van der Waals surface area (Å²) < 4.78 is 10.8. The first kappa shape index (κ1) is 21.1. The number of nitrogens with zero attached hydrogens (tertiary/aromatic N) is 2. The Balaban J connectivity index is 1.45. The average Bonchev–Trinajstić information content (AvgIpc) is 2.75. The Hall–Kier alpha value is -2.57. The summed E-state index contributed by atoms with van der Waals surface area (Å²) in [6.07, 6.45) is 0. The number of nitrogens with one attached hydrogen (secondary N) is 1. The first-order valence-corrected chi connectivity index (χ1v) is 10.2. The highest BCUT2D eigenvalue weighted by molar-refractivity contribution is 5.92. The lowest BCUT2D eigenvalue weighted by Gasteiger charge is -2.38. The molecule has 1 fully saturated rings. The number of piperazine rings is 1. The molecule has 0 spiro atoms. The smallest absolute Gasteiger partial charge is 0.238 e. The van der Waals surface area contributed by atoms with Gasteiger partial charge in [0, 0.05) is 37.9 Å². The highest BCUT2D eigenvalue weighted by atomic mass is 16.5. The third-order valence-corrected chi connectivity index (χ3v) is 5.35. The van der Waals surface area contributed by atoms with E-state index in [1.165, 1.54) is 5.56 Å². The maximum absolute atomic E-state index is 12.4. The van der Waals surface area contributed by atoms with Crippen LogP contribution in [0, 0.1) is 0 Å². The summed E-state index contributed by atoms with van der Waals surface area (Å²) in [6.45, 7) is 8.86. The molecule has 0 aliphatic carbocycles. The minimum absolute atomic E-state index is 0.0171. The summed E-state index contributed by atoms with van der Waals surface area (Å²) in [7, 11) is 1.70. The Morgan fingerprint density at radius 1 is 1.07 bits per heavy atom. The third-order valence-electron chi connectivity index (χ3n) is 5.35. The molecule has 1 aliphatic rings. The van der Waals surface area contributed by atoms with Crippen LogP contribution in [0.4, 0.5) is 5.69 Å². The van der Waals surface area contributed by atoms with E-state index in [1.54, 1.807) is 7.11 Å². The summed E-state index contributed by atoms with van der Waals surface area (Å²) in [6, 6.07) is 16.1. The van der Waals surface area contributed by atoms with E-state index in [4.69, 9.17) is 9.47 Å². The third kappa shape index (κ3) is 5.95. The fraction of sp³-hybridized carbons (Fsp3) is 0.435.